The highest BCUT2D eigenvalue weighted by atomic mass is 79.9. The van der Waals surface area contributed by atoms with Gasteiger partial charge in [-0.2, -0.15) is 0 Å². The maximum atomic E-state index is 13.1. The molecule has 6 heteroatoms. The summed E-state index contributed by atoms with van der Waals surface area (Å²) in [6.07, 6.45) is 2.05. The van der Waals surface area contributed by atoms with E-state index in [1.165, 1.54) is 0 Å². The molecule has 1 amide bonds. The molecular formula is C20H22BrNO4. The molecule has 0 bridgehead atoms. The van der Waals surface area contributed by atoms with Crippen LogP contribution >= 0.6 is 15.9 Å². The van der Waals surface area contributed by atoms with Crippen molar-refractivity contribution >= 4 is 21.8 Å². The highest BCUT2D eigenvalue weighted by Crippen LogP contribution is 2.34. The van der Waals surface area contributed by atoms with Crippen LogP contribution in [0.15, 0.2) is 40.9 Å². The molecule has 26 heavy (non-hydrogen) atoms. The molecule has 1 aliphatic rings. The van der Waals surface area contributed by atoms with E-state index in [1.54, 1.807) is 39.5 Å². The number of hydrogen-bond donors (Lipinski definition) is 0. The van der Waals surface area contributed by atoms with Gasteiger partial charge in [0.25, 0.3) is 5.91 Å². The lowest BCUT2D eigenvalue weighted by atomic mass is 10.1. The zero-order valence-electron chi connectivity index (χ0n) is 15.1. The number of methoxy groups -OCH3 is 3. The van der Waals surface area contributed by atoms with Crippen molar-refractivity contribution in [1.82, 2.24) is 4.90 Å². The minimum atomic E-state index is 0.000672. The van der Waals surface area contributed by atoms with Crippen molar-refractivity contribution in [2.75, 3.05) is 21.3 Å². The molecule has 5 nitrogen and oxygen atoms in total. The van der Waals surface area contributed by atoms with Gasteiger partial charge in [-0.3, -0.25) is 4.79 Å². The zero-order valence-corrected chi connectivity index (χ0v) is 16.7. The van der Waals surface area contributed by atoms with Gasteiger partial charge in [0.05, 0.1) is 32.3 Å². The van der Waals surface area contributed by atoms with Gasteiger partial charge in [-0.25, -0.2) is 0 Å². The highest BCUT2D eigenvalue weighted by Gasteiger charge is 2.34. The summed E-state index contributed by atoms with van der Waals surface area (Å²) in [6, 6.07) is 11.3. The largest absolute Gasteiger partial charge is 0.497 e. The fraction of sp³-hybridized carbons (Fsp3) is 0.350. The van der Waals surface area contributed by atoms with Gasteiger partial charge in [0.2, 0.25) is 0 Å². The Morgan fingerprint density at radius 2 is 1.73 bits per heavy atom. The average Bonchev–Trinajstić information content (AvgIpc) is 3.50. The maximum Gasteiger partial charge on any atom is 0.254 e. The smallest absolute Gasteiger partial charge is 0.254 e. The Morgan fingerprint density at radius 1 is 1.04 bits per heavy atom. The fourth-order valence-electron chi connectivity index (χ4n) is 2.91. The minimum absolute atomic E-state index is 0.000672. The first-order valence-corrected chi connectivity index (χ1v) is 9.22. The van der Waals surface area contributed by atoms with Gasteiger partial charge < -0.3 is 19.1 Å². The normalized spacial score (nSPS) is 13.2. The summed E-state index contributed by atoms with van der Waals surface area (Å²) in [7, 11) is 4.87. The van der Waals surface area contributed by atoms with Gasteiger partial charge in [-0.15, -0.1) is 0 Å². The number of ether oxygens (including phenoxy) is 3. The Hall–Kier alpha value is -2.21. The second-order valence-electron chi connectivity index (χ2n) is 6.19. The van der Waals surface area contributed by atoms with Crippen molar-refractivity contribution in [3.63, 3.8) is 0 Å². The predicted octanol–water partition coefficient (Wildman–Crippen LogP) is 4.28. The number of benzene rings is 2. The van der Waals surface area contributed by atoms with Crippen LogP contribution in [-0.2, 0) is 6.54 Å². The summed E-state index contributed by atoms with van der Waals surface area (Å²) >= 11 is 3.45. The van der Waals surface area contributed by atoms with E-state index in [0.717, 1.165) is 34.4 Å². The third-order valence-electron chi connectivity index (χ3n) is 4.48. The van der Waals surface area contributed by atoms with Crippen molar-refractivity contribution in [2.24, 2.45) is 0 Å². The molecule has 0 radical (unpaired) electrons. The quantitative estimate of drug-likeness (QED) is 0.671. The van der Waals surface area contributed by atoms with Crippen LogP contribution in [0.4, 0.5) is 0 Å². The third kappa shape index (κ3) is 3.96. The molecule has 2 aromatic carbocycles. The SMILES string of the molecule is COc1ccc(OC)c(CN(C(=O)c2ccc(OC)c(Br)c2)C2CC2)c1. The summed E-state index contributed by atoms with van der Waals surface area (Å²) in [5.74, 6) is 2.20. The molecule has 0 aliphatic heterocycles. The Bertz CT molecular complexity index is 804. The van der Waals surface area contributed by atoms with Gasteiger partial charge in [-0.05, 0) is 65.2 Å². The van der Waals surface area contributed by atoms with E-state index in [9.17, 15) is 4.79 Å². The van der Waals surface area contributed by atoms with E-state index in [0.29, 0.717) is 17.9 Å². The summed E-state index contributed by atoms with van der Waals surface area (Å²) in [4.78, 5) is 15.0. The van der Waals surface area contributed by atoms with Gasteiger partial charge >= 0.3 is 0 Å². The van der Waals surface area contributed by atoms with Crippen molar-refractivity contribution in [3.8, 4) is 17.2 Å². The summed E-state index contributed by atoms with van der Waals surface area (Å²) < 4.78 is 16.8. The van der Waals surface area contributed by atoms with E-state index in [2.05, 4.69) is 15.9 Å². The standard InChI is InChI=1S/C20H22BrNO4/c1-24-16-7-9-18(25-2)14(10-16)12-22(15-5-6-15)20(23)13-4-8-19(26-3)17(21)11-13/h4,7-11,15H,5-6,12H2,1-3H3. The van der Waals surface area contributed by atoms with Crippen LogP contribution in [0.2, 0.25) is 0 Å². The highest BCUT2D eigenvalue weighted by molar-refractivity contribution is 9.10. The second-order valence-corrected chi connectivity index (χ2v) is 7.05. The van der Waals surface area contributed by atoms with Gasteiger partial charge in [0.1, 0.15) is 17.2 Å². The van der Waals surface area contributed by atoms with E-state index in [4.69, 9.17) is 14.2 Å². The van der Waals surface area contributed by atoms with E-state index < -0.39 is 0 Å². The molecule has 0 saturated heterocycles. The molecular weight excluding hydrogens is 398 g/mol. The zero-order chi connectivity index (χ0) is 18.7. The molecule has 2 aromatic rings. The van der Waals surface area contributed by atoms with Crippen molar-refractivity contribution in [1.29, 1.82) is 0 Å². The number of amides is 1. The molecule has 138 valence electrons. The van der Waals surface area contributed by atoms with Crippen molar-refractivity contribution in [2.45, 2.75) is 25.4 Å². The third-order valence-corrected chi connectivity index (χ3v) is 5.10. The Kier molecular flexibility index (Phi) is 5.71. The van der Waals surface area contributed by atoms with Gasteiger partial charge in [0, 0.05) is 17.2 Å². The van der Waals surface area contributed by atoms with Crippen LogP contribution in [0.3, 0.4) is 0 Å². The van der Waals surface area contributed by atoms with Crippen LogP contribution in [0.5, 0.6) is 17.2 Å². The average molecular weight is 420 g/mol. The summed E-state index contributed by atoms with van der Waals surface area (Å²) in [5.41, 5.74) is 1.56. The van der Waals surface area contributed by atoms with E-state index in [1.807, 2.05) is 23.1 Å². The van der Waals surface area contributed by atoms with Crippen molar-refractivity contribution in [3.05, 3.63) is 52.0 Å². The van der Waals surface area contributed by atoms with E-state index >= 15 is 0 Å². The first kappa shape index (κ1) is 18.6. The molecule has 0 atom stereocenters. The minimum Gasteiger partial charge on any atom is -0.497 e. The predicted molar refractivity (Wildman–Crippen MR) is 103 cm³/mol. The lowest BCUT2D eigenvalue weighted by Crippen LogP contribution is -2.32. The van der Waals surface area contributed by atoms with Crippen molar-refractivity contribution < 1.29 is 19.0 Å². The number of carbonyl (C=O) groups is 1. The number of nitrogens with zero attached hydrogens (tertiary/aromatic N) is 1. The molecule has 0 N–H and O–H groups in total. The number of carbonyl (C=O) groups excluding carboxylic acids is 1. The van der Waals surface area contributed by atoms with Crippen LogP contribution in [0.25, 0.3) is 0 Å². The number of halogens is 1. The second kappa shape index (κ2) is 7.99. The van der Waals surface area contributed by atoms with Crippen LogP contribution < -0.4 is 14.2 Å². The van der Waals surface area contributed by atoms with Crippen LogP contribution in [-0.4, -0.2) is 38.2 Å². The lowest BCUT2D eigenvalue weighted by molar-refractivity contribution is 0.0728. The van der Waals surface area contributed by atoms with Gasteiger partial charge in [-0.1, -0.05) is 0 Å². The molecule has 0 unspecified atom stereocenters. The fourth-order valence-corrected chi connectivity index (χ4v) is 3.45. The molecule has 1 saturated carbocycles. The molecule has 0 aromatic heterocycles. The van der Waals surface area contributed by atoms with Crippen LogP contribution in [0.1, 0.15) is 28.8 Å². The molecule has 3 rings (SSSR count). The number of rotatable bonds is 7. The summed E-state index contributed by atoms with van der Waals surface area (Å²) in [6.45, 7) is 0.480. The Balaban J connectivity index is 1.88. The first-order chi connectivity index (χ1) is 12.6. The summed E-state index contributed by atoms with van der Waals surface area (Å²) in [5, 5.41) is 0. The molecule has 0 heterocycles. The molecule has 1 aliphatic carbocycles. The number of hydrogen-bond acceptors (Lipinski definition) is 4. The molecule has 0 spiro atoms. The topological polar surface area (TPSA) is 48.0 Å². The van der Waals surface area contributed by atoms with Crippen LogP contribution in [0, 0.1) is 0 Å². The Morgan fingerprint density at radius 3 is 2.31 bits per heavy atom. The maximum absolute atomic E-state index is 13.1. The Labute approximate surface area is 162 Å². The van der Waals surface area contributed by atoms with Gasteiger partial charge in [0.15, 0.2) is 0 Å². The van der Waals surface area contributed by atoms with E-state index in [-0.39, 0.29) is 11.9 Å². The monoisotopic (exact) mass is 419 g/mol. The first-order valence-electron chi connectivity index (χ1n) is 8.42. The molecule has 1 fully saturated rings. The lowest BCUT2D eigenvalue weighted by Gasteiger charge is -2.24.